The van der Waals surface area contributed by atoms with E-state index in [1.807, 2.05) is 12.1 Å². The van der Waals surface area contributed by atoms with E-state index in [9.17, 15) is 4.79 Å². The summed E-state index contributed by atoms with van der Waals surface area (Å²) in [7, 11) is 0. The summed E-state index contributed by atoms with van der Waals surface area (Å²) in [6, 6.07) is 3.77. The number of carbonyl (C=O) groups is 1. The fourth-order valence-corrected chi connectivity index (χ4v) is 2.11. The molecule has 88 valence electrons. The molecule has 1 aliphatic carbocycles. The number of imidazole rings is 1. The van der Waals surface area contributed by atoms with E-state index < -0.39 is 0 Å². The van der Waals surface area contributed by atoms with Gasteiger partial charge in [-0.2, -0.15) is 5.10 Å². The molecule has 2 aromatic heterocycles. The second kappa shape index (κ2) is 4.25. The monoisotopic (exact) mass is 342 g/mol. The molecule has 1 fully saturated rings. The molecule has 0 radical (unpaired) electrons. The molecule has 0 bridgehead atoms. The molecule has 0 unspecified atom stereocenters. The highest BCUT2D eigenvalue weighted by molar-refractivity contribution is 14.1. The van der Waals surface area contributed by atoms with Gasteiger partial charge in [0.1, 0.15) is 3.70 Å². The highest BCUT2D eigenvalue weighted by Gasteiger charge is 2.24. The van der Waals surface area contributed by atoms with Gasteiger partial charge >= 0.3 is 0 Å². The van der Waals surface area contributed by atoms with Gasteiger partial charge < -0.3 is 5.32 Å². The summed E-state index contributed by atoms with van der Waals surface area (Å²) in [5.41, 5.74) is 0.743. The summed E-state index contributed by atoms with van der Waals surface area (Å²) in [6.07, 6.45) is 4.71. The van der Waals surface area contributed by atoms with Crippen LogP contribution in [0.25, 0.3) is 5.65 Å². The minimum Gasteiger partial charge on any atom is -0.309 e. The highest BCUT2D eigenvalue weighted by Crippen LogP contribution is 2.32. The van der Waals surface area contributed by atoms with Crippen LogP contribution in [0, 0.1) is 9.62 Å². The summed E-state index contributed by atoms with van der Waals surface area (Å²) >= 11 is 2.14. The third-order valence-corrected chi connectivity index (χ3v) is 3.30. The molecule has 0 aromatic carbocycles. The molecule has 3 rings (SSSR count). The van der Waals surface area contributed by atoms with Crippen molar-refractivity contribution in [2.75, 3.05) is 5.32 Å². The maximum atomic E-state index is 11.6. The van der Waals surface area contributed by atoms with Crippen molar-refractivity contribution in [3.63, 3.8) is 0 Å². The number of hydrogen-bond acceptors (Lipinski definition) is 3. The fraction of sp³-hybridized carbons (Fsp3) is 0.364. The fourth-order valence-electron chi connectivity index (χ4n) is 1.70. The summed E-state index contributed by atoms with van der Waals surface area (Å²) in [5.74, 6) is 1.21. The number of aromatic nitrogens is 3. The van der Waals surface area contributed by atoms with Crippen molar-refractivity contribution in [1.82, 2.24) is 14.6 Å². The van der Waals surface area contributed by atoms with E-state index in [1.54, 1.807) is 10.7 Å². The maximum absolute atomic E-state index is 11.6. The van der Waals surface area contributed by atoms with E-state index >= 15 is 0 Å². The lowest BCUT2D eigenvalue weighted by Crippen LogP contribution is -2.12. The van der Waals surface area contributed by atoms with E-state index in [0.717, 1.165) is 9.35 Å². The number of carbonyl (C=O) groups excluding carboxylic acids is 1. The van der Waals surface area contributed by atoms with Gasteiger partial charge in [0.2, 0.25) is 5.91 Å². The summed E-state index contributed by atoms with van der Waals surface area (Å²) in [6.45, 7) is 0. The van der Waals surface area contributed by atoms with Gasteiger partial charge in [0, 0.05) is 6.42 Å². The number of nitrogens with zero attached hydrogens (tertiary/aromatic N) is 3. The lowest BCUT2D eigenvalue weighted by atomic mass is 10.3. The molecule has 1 aliphatic rings. The smallest absolute Gasteiger partial charge is 0.225 e. The molecular weight excluding hydrogens is 331 g/mol. The van der Waals surface area contributed by atoms with Crippen LogP contribution in [0.3, 0.4) is 0 Å². The number of amides is 1. The Labute approximate surface area is 112 Å². The summed E-state index contributed by atoms with van der Waals surface area (Å²) in [5, 5.41) is 7.08. The maximum Gasteiger partial charge on any atom is 0.225 e. The van der Waals surface area contributed by atoms with Crippen molar-refractivity contribution >= 4 is 40.0 Å². The molecule has 1 saturated carbocycles. The topological polar surface area (TPSA) is 59.3 Å². The number of rotatable bonds is 3. The zero-order valence-corrected chi connectivity index (χ0v) is 11.2. The molecule has 1 N–H and O–H groups in total. The van der Waals surface area contributed by atoms with Crippen LogP contribution in [0.4, 0.5) is 5.82 Å². The van der Waals surface area contributed by atoms with Gasteiger partial charge in [-0.25, -0.2) is 9.50 Å². The van der Waals surface area contributed by atoms with Crippen LogP contribution in [0.5, 0.6) is 0 Å². The SMILES string of the molecule is O=C(CC1CC1)Nc1cn2nc(I)ccc2n1. The van der Waals surface area contributed by atoms with Crippen molar-refractivity contribution < 1.29 is 4.79 Å². The Morgan fingerprint density at radius 3 is 3.12 bits per heavy atom. The predicted molar refractivity (Wildman–Crippen MR) is 71.7 cm³/mol. The van der Waals surface area contributed by atoms with Gasteiger partial charge in [-0.3, -0.25) is 4.79 Å². The number of fused-ring (bicyclic) bond motifs is 1. The van der Waals surface area contributed by atoms with Gasteiger partial charge in [-0.1, -0.05) is 0 Å². The lowest BCUT2D eigenvalue weighted by molar-refractivity contribution is -0.116. The molecule has 0 saturated heterocycles. The average molecular weight is 342 g/mol. The Bertz CT molecular complexity index is 576. The van der Waals surface area contributed by atoms with Gasteiger partial charge in [0.15, 0.2) is 11.5 Å². The Morgan fingerprint density at radius 1 is 1.53 bits per heavy atom. The van der Waals surface area contributed by atoms with Crippen molar-refractivity contribution in [3.05, 3.63) is 22.0 Å². The quantitative estimate of drug-likeness (QED) is 0.869. The Balaban J connectivity index is 1.77. The van der Waals surface area contributed by atoms with Crippen molar-refractivity contribution in [1.29, 1.82) is 0 Å². The van der Waals surface area contributed by atoms with Crippen LogP contribution in [0.15, 0.2) is 18.3 Å². The van der Waals surface area contributed by atoms with Crippen molar-refractivity contribution in [2.45, 2.75) is 19.3 Å². The minimum atomic E-state index is 0.0469. The highest BCUT2D eigenvalue weighted by atomic mass is 127. The molecule has 2 heterocycles. The zero-order valence-electron chi connectivity index (χ0n) is 9.06. The normalized spacial score (nSPS) is 15.1. The van der Waals surface area contributed by atoms with E-state index in [0.29, 0.717) is 18.2 Å². The third kappa shape index (κ3) is 2.56. The Hall–Kier alpha value is -1.18. The van der Waals surface area contributed by atoms with Gasteiger partial charge in [-0.15, -0.1) is 0 Å². The van der Waals surface area contributed by atoms with E-state index in [4.69, 9.17) is 0 Å². The van der Waals surface area contributed by atoms with Crippen molar-refractivity contribution in [2.24, 2.45) is 5.92 Å². The average Bonchev–Trinajstić information content (AvgIpc) is 2.97. The molecule has 0 aliphatic heterocycles. The molecule has 5 nitrogen and oxygen atoms in total. The van der Waals surface area contributed by atoms with E-state index in [1.165, 1.54) is 12.8 Å². The molecular formula is C11H11IN4O. The number of anilines is 1. The van der Waals surface area contributed by atoms with Gasteiger partial charge in [0.05, 0.1) is 6.20 Å². The van der Waals surface area contributed by atoms with Gasteiger partial charge in [0.25, 0.3) is 0 Å². The first-order valence-corrected chi connectivity index (χ1v) is 6.60. The first-order valence-electron chi connectivity index (χ1n) is 5.52. The number of nitrogens with one attached hydrogen (secondary N) is 1. The molecule has 1 amide bonds. The van der Waals surface area contributed by atoms with E-state index in [2.05, 4.69) is 38.0 Å². The van der Waals surface area contributed by atoms with Crippen LogP contribution >= 0.6 is 22.6 Å². The first kappa shape index (κ1) is 10.9. The second-order valence-electron chi connectivity index (χ2n) is 4.28. The van der Waals surface area contributed by atoms with Crippen molar-refractivity contribution in [3.8, 4) is 0 Å². The van der Waals surface area contributed by atoms with E-state index in [-0.39, 0.29) is 5.91 Å². The number of hydrogen-bond donors (Lipinski definition) is 1. The Morgan fingerprint density at radius 2 is 2.35 bits per heavy atom. The predicted octanol–water partition coefficient (Wildman–Crippen LogP) is 2.07. The second-order valence-corrected chi connectivity index (χ2v) is 5.39. The third-order valence-electron chi connectivity index (χ3n) is 2.73. The molecule has 6 heteroatoms. The lowest BCUT2D eigenvalue weighted by Gasteiger charge is -1.98. The molecule has 2 aromatic rings. The van der Waals surface area contributed by atoms with Crippen LogP contribution < -0.4 is 5.32 Å². The summed E-state index contributed by atoms with van der Waals surface area (Å²) < 4.78 is 2.57. The van der Waals surface area contributed by atoms with Crippen LogP contribution in [-0.4, -0.2) is 20.5 Å². The Kier molecular flexibility index (Phi) is 2.73. The number of halogens is 1. The van der Waals surface area contributed by atoms with Gasteiger partial charge in [-0.05, 0) is 53.5 Å². The molecule has 0 spiro atoms. The first-order chi connectivity index (χ1) is 8.20. The molecule has 0 atom stereocenters. The van der Waals surface area contributed by atoms with Crippen LogP contribution in [-0.2, 0) is 4.79 Å². The zero-order chi connectivity index (χ0) is 11.8. The summed E-state index contributed by atoms with van der Waals surface area (Å²) in [4.78, 5) is 15.9. The minimum absolute atomic E-state index is 0.0469. The van der Waals surface area contributed by atoms with Crippen LogP contribution in [0.1, 0.15) is 19.3 Å². The van der Waals surface area contributed by atoms with Crippen LogP contribution in [0.2, 0.25) is 0 Å². The molecule has 17 heavy (non-hydrogen) atoms. The standard InChI is InChI=1S/C11H11IN4O/c12-8-3-4-10-13-9(6-16(10)15-8)14-11(17)5-7-1-2-7/h3-4,6-7H,1-2,5H2,(H,14,17). The largest absolute Gasteiger partial charge is 0.309 e.